The predicted molar refractivity (Wildman–Crippen MR) is 88.6 cm³/mol. The van der Waals surface area contributed by atoms with E-state index in [4.69, 9.17) is 18.0 Å². The highest BCUT2D eigenvalue weighted by atomic mass is 32.2. The van der Waals surface area contributed by atoms with E-state index in [9.17, 15) is 8.42 Å². The average Bonchev–Trinajstić information content (AvgIpc) is 2.83. The van der Waals surface area contributed by atoms with Crippen LogP contribution in [0, 0.1) is 5.92 Å². The molecular weight excluding hydrogens is 306 g/mol. The molecule has 3 N–H and O–H groups in total. The van der Waals surface area contributed by atoms with Crippen molar-refractivity contribution in [3.63, 3.8) is 0 Å². The molecule has 1 unspecified atom stereocenters. The zero-order valence-corrected chi connectivity index (χ0v) is 13.7. The van der Waals surface area contributed by atoms with E-state index < -0.39 is 10.0 Å². The Kier molecular flexibility index (Phi) is 5.32. The molecule has 1 saturated heterocycles. The summed E-state index contributed by atoms with van der Waals surface area (Å²) in [5, 5.41) is 0. The van der Waals surface area contributed by atoms with Crippen molar-refractivity contribution in [3.8, 4) is 0 Å². The van der Waals surface area contributed by atoms with Crippen molar-refractivity contribution in [2.45, 2.75) is 12.2 Å². The van der Waals surface area contributed by atoms with Gasteiger partial charge >= 0.3 is 0 Å². The van der Waals surface area contributed by atoms with E-state index in [-0.39, 0.29) is 5.75 Å². The first-order chi connectivity index (χ1) is 9.85. The largest absolute Gasteiger partial charge is 0.389 e. The maximum Gasteiger partial charge on any atom is 0.215 e. The van der Waals surface area contributed by atoms with Gasteiger partial charge in [-0.25, -0.2) is 13.1 Å². The van der Waals surface area contributed by atoms with Gasteiger partial charge in [0.2, 0.25) is 10.0 Å². The van der Waals surface area contributed by atoms with Crippen LogP contribution in [0.15, 0.2) is 24.3 Å². The van der Waals surface area contributed by atoms with Gasteiger partial charge in [-0.3, -0.25) is 0 Å². The minimum absolute atomic E-state index is 0.0207. The van der Waals surface area contributed by atoms with Crippen molar-refractivity contribution < 1.29 is 8.42 Å². The molecule has 0 bridgehead atoms. The Morgan fingerprint density at radius 3 is 2.62 bits per heavy atom. The number of nitrogens with zero attached hydrogens (tertiary/aromatic N) is 1. The number of sulfonamides is 1. The molecule has 1 aliphatic rings. The molecule has 7 heteroatoms. The van der Waals surface area contributed by atoms with Crippen LogP contribution in [0.3, 0.4) is 0 Å². The molecule has 0 aliphatic carbocycles. The van der Waals surface area contributed by atoms with Crippen LogP contribution in [0.2, 0.25) is 0 Å². The molecule has 21 heavy (non-hydrogen) atoms. The molecule has 0 radical (unpaired) electrons. The van der Waals surface area contributed by atoms with E-state index in [0.717, 1.165) is 30.6 Å². The van der Waals surface area contributed by atoms with E-state index in [2.05, 4.69) is 16.7 Å². The topological polar surface area (TPSA) is 75.4 Å². The second kappa shape index (κ2) is 6.83. The summed E-state index contributed by atoms with van der Waals surface area (Å²) in [4.78, 5) is 2.53. The number of likely N-dealkylation sites (tertiary alicyclic amines) is 1. The van der Waals surface area contributed by atoms with Crippen molar-refractivity contribution in [1.82, 2.24) is 9.62 Å². The van der Waals surface area contributed by atoms with Crippen LogP contribution in [0.1, 0.15) is 17.5 Å². The highest BCUT2D eigenvalue weighted by Gasteiger charge is 2.21. The van der Waals surface area contributed by atoms with Gasteiger partial charge in [0, 0.05) is 18.7 Å². The van der Waals surface area contributed by atoms with Gasteiger partial charge < -0.3 is 10.6 Å². The Hall–Kier alpha value is -1.02. The minimum Gasteiger partial charge on any atom is -0.389 e. The third-order valence-corrected chi connectivity index (χ3v) is 5.23. The number of nitrogens with two attached hydrogens (primary N) is 1. The molecule has 0 aromatic heterocycles. The highest BCUT2D eigenvalue weighted by molar-refractivity contribution is 7.88. The molecule has 1 aromatic carbocycles. The Morgan fingerprint density at radius 1 is 1.43 bits per heavy atom. The fraction of sp³-hybridized carbons (Fsp3) is 0.500. The smallest absolute Gasteiger partial charge is 0.215 e. The number of nitrogens with one attached hydrogen (secondary N) is 1. The molecule has 5 nitrogen and oxygen atoms in total. The van der Waals surface area contributed by atoms with E-state index >= 15 is 0 Å². The monoisotopic (exact) mass is 327 g/mol. The summed E-state index contributed by atoms with van der Waals surface area (Å²) in [6, 6.07) is 6.99. The van der Waals surface area contributed by atoms with E-state index in [1.165, 1.54) is 0 Å². The zero-order chi connectivity index (χ0) is 15.5. The first-order valence-electron chi connectivity index (χ1n) is 6.90. The summed E-state index contributed by atoms with van der Waals surface area (Å²) in [6.45, 7) is 2.50. The molecule has 0 saturated carbocycles. The molecule has 0 spiro atoms. The Morgan fingerprint density at radius 2 is 2.10 bits per heavy atom. The van der Waals surface area contributed by atoms with E-state index in [0.29, 0.717) is 17.5 Å². The van der Waals surface area contributed by atoms with Gasteiger partial charge in [0.05, 0.1) is 5.75 Å². The van der Waals surface area contributed by atoms with Crippen LogP contribution < -0.4 is 10.5 Å². The van der Waals surface area contributed by atoms with Crippen molar-refractivity contribution in [1.29, 1.82) is 0 Å². The summed E-state index contributed by atoms with van der Waals surface area (Å²) in [6.07, 6.45) is 1.04. The third-order valence-electron chi connectivity index (χ3n) is 3.68. The molecule has 1 aromatic rings. The number of rotatable bonds is 6. The van der Waals surface area contributed by atoms with Crippen LogP contribution in [-0.4, -0.2) is 45.0 Å². The van der Waals surface area contributed by atoms with Crippen LogP contribution >= 0.6 is 12.2 Å². The first kappa shape index (κ1) is 16.4. The fourth-order valence-electron chi connectivity index (χ4n) is 2.47. The minimum atomic E-state index is -3.31. The van der Waals surface area contributed by atoms with Crippen molar-refractivity contribution in [3.05, 3.63) is 35.4 Å². The van der Waals surface area contributed by atoms with Gasteiger partial charge in [-0.1, -0.05) is 36.5 Å². The summed E-state index contributed by atoms with van der Waals surface area (Å²) in [5.74, 6) is 0.384. The molecule has 0 amide bonds. The second-order valence-corrected chi connectivity index (χ2v) is 7.83. The molecule has 1 heterocycles. The molecule has 116 valence electrons. The van der Waals surface area contributed by atoms with Gasteiger partial charge in [-0.15, -0.1) is 0 Å². The predicted octanol–water partition coefficient (Wildman–Crippen LogP) is 0.692. The lowest BCUT2D eigenvalue weighted by molar-refractivity contribution is 0.394. The quantitative estimate of drug-likeness (QED) is 0.752. The molecule has 1 fully saturated rings. The van der Waals surface area contributed by atoms with Crippen LogP contribution in [0.25, 0.3) is 0 Å². The maximum absolute atomic E-state index is 12.1. The first-order valence-corrected chi connectivity index (χ1v) is 8.96. The van der Waals surface area contributed by atoms with Gasteiger partial charge in [0.25, 0.3) is 0 Å². The standard InChI is InChI=1S/C14H21N3O2S2/c1-17-7-6-12(9-17)8-16-21(18,19)10-11-2-4-13(5-3-11)14(15)20/h2-5,12,16H,6-10H2,1H3,(H2,15,20). The zero-order valence-electron chi connectivity index (χ0n) is 12.1. The highest BCUT2D eigenvalue weighted by Crippen LogP contribution is 2.14. The lowest BCUT2D eigenvalue weighted by atomic mass is 10.1. The van der Waals surface area contributed by atoms with Crippen molar-refractivity contribution in [2.75, 3.05) is 26.7 Å². The Balaban J connectivity index is 1.89. The van der Waals surface area contributed by atoms with Gasteiger partial charge in [0.15, 0.2) is 0 Å². The number of benzene rings is 1. The SMILES string of the molecule is CN1CCC(CNS(=O)(=O)Cc2ccc(C(N)=S)cc2)C1. The van der Waals surface area contributed by atoms with Gasteiger partial charge in [0.1, 0.15) is 4.99 Å². The Bertz CT molecular complexity index is 599. The normalized spacial score (nSPS) is 19.8. The summed E-state index contributed by atoms with van der Waals surface area (Å²) in [7, 11) is -1.25. The lowest BCUT2D eigenvalue weighted by Gasteiger charge is -2.12. The number of hydrogen-bond donors (Lipinski definition) is 2. The van der Waals surface area contributed by atoms with Crippen LogP contribution in [0.4, 0.5) is 0 Å². The molecular formula is C14H21N3O2S2. The van der Waals surface area contributed by atoms with Crippen molar-refractivity contribution >= 4 is 27.2 Å². The summed E-state index contributed by atoms with van der Waals surface area (Å²) < 4.78 is 26.9. The molecule has 1 aliphatic heterocycles. The average molecular weight is 327 g/mol. The summed E-state index contributed by atoms with van der Waals surface area (Å²) >= 11 is 4.87. The van der Waals surface area contributed by atoms with Gasteiger partial charge in [-0.2, -0.15) is 0 Å². The van der Waals surface area contributed by atoms with E-state index in [1.807, 2.05) is 0 Å². The fourth-order valence-corrected chi connectivity index (χ4v) is 3.83. The van der Waals surface area contributed by atoms with Crippen molar-refractivity contribution in [2.24, 2.45) is 11.7 Å². The molecule has 2 rings (SSSR count). The van der Waals surface area contributed by atoms with E-state index in [1.54, 1.807) is 24.3 Å². The molecule has 1 atom stereocenters. The van der Waals surface area contributed by atoms with Crippen LogP contribution in [-0.2, 0) is 15.8 Å². The van der Waals surface area contributed by atoms with Crippen LogP contribution in [0.5, 0.6) is 0 Å². The second-order valence-electron chi connectivity index (χ2n) is 5.59. The summed E-state index contributed by atoms with van der Waals surface area (Å²) in [5.41, 5.74) is 6.99. The number of thiocarbonyl (C=S) groups is 1. The number of hydrogen-bond acceptors (Lipinski definition) is 4. The third kappa shape index (κ3) is 5.03. The van der Waals surface area contributed by atoms with Gasteiger partial charge in [-0.05, 0) is 31.5 Å². The Labute approximate surface area is 131 Å². The lowest BCUT2D eigenvalue weighted by Crippen LogP contribution is -2.31. The maximum atomic E-state index is 12.1.